The molecule has 5 aromatic rings. The summed E-state index contributed by atoms with van der Waals surface area (Å²) in [5.41, 5.74) is 15.8. The van der Waals surface area contributed by atoms with Crippen molar-refractivity contribution >= 4 is 8.80 Å². The molecule has 58 heavy (non-hydrogen) atoms. The molecule has 4 nitrogen and oxygen atoms in total. The molecule has 0 radical (unpaired) electrons. The molecule has 3 aliphatic rings. The van der Waals surface area contributed by atoms with Crippen LogP contribution in [0.2, 0.25) is 6.55 Å². The van der Waals surface area contributed by atoms with Gasteiger partial charge in [-0.05, 0) is 95.3 Å². The molecule has 3 heterocycles. The van der Waals surface area contributed by atoms with Crippen molar-refractivity contribution in [2.24, 2.45) is 0 Å². The molecule has 0 atom stereocenters. The van der Waals surface area contributed by atoms with E-state index in [2.05, 4.69) is 157 Å². The van der Waals surface area contributed by atoms with Gasteiger partial charge >= 0.3 is 8.80 Å². The van der Waals surface area contributed by atoms with E-state index in [0.717, 1.165) is 34.1 Å². The third-order valence-corrected chi connectivity index (χ3v) is 13.7. The second-order valence-corrected chi connectivity index (χ2v) is 23.6. The molecule has 8 rings (SSSR count). The van der Waals surface area contributed by atoms with Crippen molar-refractivity contribution in [1.82, 2.24) is 0 Å². The van der Waals surface area contributed by atoms with E-state index >= 15 is 0 Å². The van der Waals surface area contributed by atoms with Crippen molar-refractivity contribution in [3.63, 3.8) is 0 Å². The summed E-state index contributed by atoms with van der Waals surface area (Å²) in [7, 11) is -1.59. The van der Waals surface area contributed by atoms with Crippen LogP contribution in [0.3, 0.4) is 0 Å². The molecule has 0 amide bonds. The molecule has 5 heteroatoms. The monoisotopic (exact) mass is 794 g/mol. The maximum Gasteiger partial charge on any atom is 0.696 e. The van der Waals surface area contributed by atoms with E-state index in [9.17, 15) is 0 Å². The smallest absolute Gasteiger partial charge is 0.496 e. The molecule has 6 bridgehead atoms. The van der Waals surface area contributed by atoms with E-state index in [1.165, 1.54) is 61.2 Å². The Hall–Kier alpha value is -4.48. The van der Waals surface area contributed by atoms with Crippen LogP contribution >= 0.6 is 0 Å². The number of fused-ring (bicyclic) bond motifs is 2. The lowest BCUT2D eigenvalue weighted by atomic mass is 9.79. The van der Waals surface area contributed by atoms with Gasteiger partial charge in [-0.15, -0.1) is 0 Å². The van der Waals surface area contributed by atoms with E-state index in [-0.39, 0.29) is 21.7 Å². The number of rotatable bonds is 1. The fourth-order valence-electron chi connectivity index (χ4n) is 8.43. The van der Waals surface area contributed by atoms with E-state index < -0.39 is 8.80 Å². The molecule has 306 valence electrons. The predicted molar refractivity (Wildman–Crippen MR) is 243 cm³/mol. The fourth-order valence-corrected chi connectivity index (χ4v) is 10.5. The van der Waals surface area contributed by atoms with Crippen LogP contribution in [0.15, 0.2) is 78.9 Å². The SMILES string of the molecule is COc1c2cc(C(C)(C)C)cc1Cc1cc(C(C)(C)C)cc3c1O[Si]1(C)Oc4c(cc(C(C)(C)C)cc4Cc4cc(C(C)(C)C)cc(c4O1)C3)C2.Cc1ccccc1. The van der Waals surface area contributed by atoms with Crippen molar-refractivity contribution < 1.29 is 18.0 Å². The van der Waals surface area contributed by atoms with Gasteiger partial charge in [0.25, 0.3) is 0 Å². The second-order valence-electron chi connectivity index (χ2n) is 21.2. The molecular formula is C53H66O4Si. The van der Waals surface area contributed by atoms with Crippen molar-refractivity contribution in [3.05, 3.63) is 151 Å². The summed E-state index contributed by atoms with van der Waals surface area (Å²) < 4.78 is 28.3. The highest BCUT2D eigenvalue weighted by atomic mass is 28.4. The number of hydrogen-bond acceptors (Lipinski definition) is 4. The van der Waals surface area contributed by atoms with E-state index in [0.29, 0.717) is 25.7 Å². The minimum atomic E-state index is -3.41. The first kappa shape index (κ1) is 41.7. The Morgan fingerprint density at radius 3 is 0.914 bits per heavy atom. The zero-order chi connectivity index (χ0) is 42.2. The second kappa shape index (κ2) is 14.7. The predicted octanol–water partition coefficient (Wildman–Crippen LogP) is 13.3. The van der Waals surface area contributed by atoms with Gasteiger partial charge < -0.3 is 18.0 Å². The maximum absolute atomic E-state index is 7.33. The number of benzene rings is 5. The van der Waals surface area contributed by atoms with Crippen LogP contribution in [0.4, 0.5) is 0 Å². The number of methoxy groups -OCH3 is 1. The highest BCUT2D eigenvalue weighted by Gasteiger charge is 2.48. The summed E-state index contributed by atoms with van der Waals surface area (Å²) >= 11 is 0. The third-order valence-electron chi connectivity index (χ3n) is 12.0. The summed E-state index contributed by atoms with van der Waals surface area (Å²) in [6.07, 6.45) is 2.79. The van der Waals surface area contributed by atoms with Gasteiger partial charge in [-0.1, -0.05) is 168 Å². The quantitative estimate of drug-likeness (QED) is 0.155. The number of ether oxygens (including phenoxy) is 1. The van der Waals surface area contributed by atoms with Gasteiger partial charge in [0, 0.05) is 32.2 Å². The standard InChI is InChI=1S/C46H58O4Si.C7H8/c1-43(2,3)35-19-27-15-29-21-36(44(4,5)6)23-31-17-33-25-38(46(10,11)12)26-34-18-32-24-37(45(7,8)9)22-30(16-28(20-35)39(27)47-13)41(32)49-51(14,48-40(29)31)50-42(33)34;1-7-5-3-2-4-6-7/h19-26H,15-18H2,1-14H3;2-6H,1H3. The summed E-state index contributed by atoms with van der Waals surface area (Å²) in [6.45, 7) is 31.8. The largest absolute Gasteiger partial charge is 0.696 e. The molecule has 0 N–H and O–H groups in total. The van der Waals surface area contributed by atoms with Crippen LogP contribution in [0.1, 0.15) is 155 Å². The summed E-state index contributed by atoms with van der Waals surface area (Å²) in [5.74, 6) is 3.67. The molecule has 0 aliphatic carbocycles. The van der Waals surface area contributed by atoms with Gasteiger partial charge in [0.2, 0.25) is 0 Å². The average molecular weight is 795 g/mol. The lowest BCUT2D eigenvalue weighted by molar-refractivity contribution is 0.259. The van der Waals surface area contributed by atoms with Crippen molar-refractivity contribution in [2.75, 3.05) is 7.11 Å². The van der Waals surface area contributed by atoms with Crippen molar-refractivity contribution in [1.29, 1.82) is 0 Å². The Morgan fingerprint density at radius 2 is 0.690 bits per heavy atom. The van der Waals surface area contributed by atoms with Gasteiger partial charge in [0.05, 0.1) is 7.11 Å². The first-order valence-electron chi connectivity index (χ1n) is 21.2. The Bertz CT molecular complexity index is 2240. The van der Waals surface area contributed by atoms with Gasteiger partial charge in [0.1, 0.15) is 23.0 Å². The van der Waals surface area contributed by atoms with Gasteiger partial charge in [-0.25, -0.2) is 0 Å². The van der Waals surface area contributed by atoms with Crippen molar-refractivity contribution in [3.8, 4) is 23.0 Å². The summed E-state index contributed by atoms with van der Waals surface area (Å²) in [4.78, 5) is 0. The van der Waals surface area contributed by atoms with E-state index in [1.54, 1.807) is 0 Å². The number of aryl methyl sites for hydroxylation is 1. The van der Waals surface area contributed by atoms with Crippen molar-refractivity contribution in [2.45, 2.75) is 144 Å². The molecule has 0 aromatic heterocycles. The molecule has 0 spiro atoms. The molecule has 0 saturated heterocycles. The lowest BCUT2D eigenvalue weighted by Gasteiger charge is -2.38. The number of hydrogen-bond donors (Lipinski definition) is 0. The van der Waals surface area contributed by atoms with Crippen LogP contribution < -0.4 is 18.0 Å². The highest BCUT2D eigenvalue weighted by molar-refractivity contribution is 6.61. The Kier molecular flexibility index (Phi) is 10.5. The van der Waals surface area contributed by atoms with Gasteiger partial charge in [-0.2, -0.15) is 0 Å². The van der Waals surface area contributed by atoms with Crippen LogP contribution in [-0.2, 0) is 47.3 Å². The molecule has 3 aliphatic heterocycles. The minimum Gasteiger partial charge on any atom is -0.496 e. The summed E-state index contributed by atoms with van der Waals surface area (Å²) in [6, 6.07) is 29.3. The highest BCUT2D eigenvalue weighted by Crippen LogP contribution is 2.48. The molecular weight excluding hydrogens is 729 g/mol. The fraction of sp³-hybridized carbons (Fsp3) is 0.434. The maximum atomic E-state index is 7.33. The summed E-state index contributed by atoms with van der Waals surface area (Å²) in [5, 5.41) is 0. The molecule has 0 unspecified atom stereocenters. The van der Waals surface area contributed by atoms with Crippen LogP contribution in [0.5, 0.6) is 23.0 Å². The van der Waals surface area contributed by atoms with Gasteiger partial charge in [-0.3, -0.25) is 0 Å². The lowest BCUT2D eigenvalue weighted by Crippen LogP contribution is -2.54. The zero-order valence-corrected chi connectivity index (χ0v) is 39.0. The Labute approximate surface area is 350 Å². The minimum absolute atomic E-state index is 0.0304. The molecule has 5 aromatic carbocycles. The normalized spacial score (nSPS) is 15.4. The van der Waals surface area contributed by atoms with Crippen LogP contribution in [-0.4, -0.2) is 15.9 Å². The Balaban J connectivity index is 0.000000662. The van der Waals surface area contributed by atoms with Crippen LogP contribution in [0.25, 0.3) is 0 Å². The molecule has 0 fully saturated rings. The third kappa shape index (κ3) is 8.48. The van der Waals surface area contributed by atoms with Crippen LogP contribution in [0, 0.1) is 6.92 Å². The Morgan fingerprint density at radius 1 is 0.431 bits per heavy atom. The first-order valence-corrected chi connectivity index (χ1v) is 23.4. The van der Waals surface area contributed by atoms with E-state index in [4.69, 9.17) is 18.0 Å². The van der Waals surface area contributed by atoms with Gasteiger partial charge in [0.15, 0.2) is 0 Å². The zero-order valence-electron chi connectivity index (χ0n) is 38.0. The average Bonchev–Trinajstić information content (AvgIpc) is 3.09. The molecule has 0 saturated carbocycles. The van der Waals surface area contributed by atoms with E-state index in [1.807, 2.05) is 25.3 Å². The first-order chi connectivity index (χ1) is 26.9. The topological polar surface area (TPSA) is 36.9 Å².